The number of nitrogens with one attached hydrogen (secondary N) is 1. The van der Waals surface area contributed by atoms with Gasteiger partial charge in [0.05, 0.1) is 5.60 Å². The van der Waals surface area contributed by atoms with Crippen LogP contribution in [0.3, 0.4) is 0 Å². The lowest BCUT2D eigenvalue weighted by molar-refractivity contribution is -0.178. The number of hydrogen-bond acceptors (Lipinski definition) is 3. The maximum Gasteiger partial charge on any atom is 0.252 e. The maximum absolute atomic E-state index is 13.7. The van der Waals surface area contributed by atoms with Gasteiger partial charge in [-0.3, -0.25) is 4.79 Å². The minimum absolute atomic E-state index is 0.0742. The zero-order chi connectivity index (χ0) is 15.9. The molecule has 2 saturated heterocycles. The number of likely N-dealkylation sites (tertiary alicyclic amines) is 1. The van der Waals surface area contributed by atoms with E-state index < -0.39 is 5.60 Å². The van der Waals surface area contributed by atoms with Gasteiger partial charge in [0.2, 0.25) is 0 Å². The van der Waals surface area contributed by atoms with E-state index in [1.165, 1.54) is 6.07 Å². The van der Waals surface area contributed by atoms with Crippen molar-refractivity contribution in [3.05, 3.63) is 35.6 Å². The van der Waals surface area contributed by atoms with Gasteiger partial charge in [0.1, 0.15) is 11.4 Å². The highest BCUT2D eigenvalue weighted by atomic mass is 19.1. The summed E-state index contributed by atoms with van der Waals surface area (Å²) < 4.78 is 19.9. The molecule has 1 amide bonds. The molecule has 0 aromatic heterocycles. The molecule has 0 atom stereocenters. The monoisotopic (exact) mass is 318 g/mol. The predicted octanol–water partition coefficient (Wildman–Crippen LogP) is 1.88. The minimum Gasteiger partial charge on any atom is -0.357 e. The first-order chi connectivity index (χ1) is 11.1. The van der Waals surface area contributed by atoms with Crippen molar-refractivity contribution >= 4 is 5.91 Å². The van der Waals surface area contributed by atoms with Gasteiger partial charge in [0.25, 0.3) is 5.91 Å². The smallest absolute Gasteiger partial charge is 0.252 e. The fourth-order valence-electron chi connectivity index (χ4n) is 3.78. The van der Waals surface area contributed by atoms with Crippen LogP contribution in [0.25, 0.3) is 0 Å². The fraction of sp³-hybridized carbons (Fsp3) is 0.611. The molecule has 3 aliphatic rings. The zero-order valence-electron chi connectivity index (χ0n) is 13.3. The average Bonchev–Trinajstić information content (AvgIpc) is 3.33. The van der Waals surface area contributed by atoms with Crippen LogP contribution < -0.4 is 5.32 Å². The number of halogens is 1. The van der Waals surface area contributed by atoms with Crippen molar-refractivity contribution in [3.63, 3.8) is 0 Å². The molecule has 1 aromatic carbocycles. The third-order valence-electron chi connectivity index (χ3n) is 5.52. The molecule has 0 unspecified atom stereocenters. The SMILES string of the molecule is O=C1NCC2(CCN(CCc3ccccc3F)CC2)OC12CC2. The fourth-order valence-corrected chi connectivity index (χ4v) is 3.78. The maximum atomic E-state index is 13.7. The number of rotatable bonds is 3. The van der Waals surface area contributed by atoms with E-state index in [1.54, 1.807) is 6.07 Å². The van der Waals surface area contributed by atoms with Crippen molar-refractivity contribution in [1.29, 1.82) is 0 Å². The van der Waals surface area contributed by atoms with Gasteiger partial charge in [-0.2, -0.15) is 0 Å². The average molecular weight is 318 g/mol. The summed E-state index contributed by atoms with van der Waals surface area (Å²) in [5.41, 5.74) is 0.0952. The van der Waals surface area contributed by atoms with Crippen LogP contribution in [0.2, 0.25) is 0 Å². The summed E-state index contributed by atoms with van der Waals surface area (Å²) in [6.07, 6.45) is 4.33. The van der Waals surface area contributed by atoms with Gasteiger partial charge in [-0.15, -0.1) is 0 Å². The van der Waals surface area contributed by atoms with Crippen LogP contribution in [-0.4, -0.2) is 48.2 Å². The summed E-state index contributed by atoms with van der Waals surface area (Å²) in [7, 11) is 0. The number of carbonyl (C=O) groups excluding carboxylic acids is 1. The van der Waals surface area contributed by atoms with Crippen LogP contribution in [0.1, 0.15) is 31.2 Å². The number of ether oxygens (including phenoxy) is 1. The molecule has 2 spiro atoms. The van der Waals surface area contributed by atoms with Crippen LogP contribution in [0.4, 0.5) is 4.39 Å². The predicted molar refractivity (Wildman–Crippen MR) is 84.6 cm³/mol. The zero-order valence-corrected chi connectivity index (χ0v) is 13.3. The van der Waals surface area contributed by atoms with Gasteiger partial charge >= 0.3 is 0 Å². The topological polar surface area (TPSA) is 41.6 Å². The largest absolute Gasteiger partial charge is 0.357 e. The Labute approximate surface area is 136 Å². The van der Waals surface area contributed by atoms with Gasteiger partial charge in [0, 0.05) is 26.2 Å². The van der Waals surface area contributed by atoms with Gasteiger partial charge in [-0.1, -0.05) is 18.2 Å². The van der Waals surface area contributed by atoms with Crippen LogP contribution in [0.5, 0.6) is 0 Å². The van der Waals surface area contributed by atoms with Crippen LogP contribution in [0, 0.1) is 5.82 Å². The summed E-state index contributed by atoms with van der Waals surface area (Å²) in [5, 5.41) is 3.04. The highest BCUT2D eigenvalue weighted by Crippen LogP contribution is 2.47. The summed E-state index contributed by atoms with van der Waals surface area (Å²) in [5.74, 6) is -0.0416. The first-order valence-corrected chi connectivity index (χ1v) is 8.55. The molecule has 1 saturated carbocycles. The second-order valence-electron chi connectivity index (χ2n) is 7.15. The second kappa shape index (κ2) is 5.56. The molecule has 4 nitrogen and oxygen atoms in total. The molecule has 1 aliphatic carbocycles. The van der Waals surface area contributed by atoms with Gasteiger partial charge < -0.3 is 15.0 Å². The molecule has 1 aromatic rings. The number of morpholine rings is 1. The Bertz CT molecular complexity index is 607. The van der Waals surface area contributed by atoms with Crippen molar-refractivity contribution in [2.75, 3.05) is 26.2 Å². The standard InChI is InChI=1S/C18H23FN2O2/c19-15-4-2-1-3-14(15)5-10-21-11-8-17(9-12-21)13-20-16(22)18(23-17)6-7-18/h1-4H,5-13H2,(H,20,22). The Kier molecular flexibility index (Phi) is 3.65. The van der Waals surface area contributed by atoms with E-state index in [0.29, 0.717) is 6.54 Å². The molecule has 3 fully saturated rings. The molecule has 2 heterocycles. The van der Waals surface area contributed by atoms with Crippen molar-refractivity contribution in [1.82, 2.24) is 10.2 Å². The quantitative estimate of drug-likeness (QED) is 0.925. The highest BCUT2D eigenvalue weighted by Gasteiger charge is 2.59. The Balaban J connectivity index is 1.31. The molecular formula is C18H23FN2O2. The van der Waals surface area contributed by atoms with E-state index in [4.69, 9.17) is 4.74 Å². The number of nitrogens with zero attached hydrogens (tertiary/aromatic N) is 1. The summed E-state index contributed by atoms with van der Waals surface area (Å²) in [6.45, 7) is 3.39. The first kappa shape index (κ1) is 15.1. The van der Waals surface area contributed by atoms with E-state index in [9.17, 15) is 9.18 Å². The Hall–Kier alpha value is -1.46. The molecule has 2 aliphatic heterocycles. The van der Waals surface area contributed by atoms with E-state index in [1.807, 2.05) is 12.1 Å². The lowest BCUT2D eigenvalue weighted by Crippen LogP contribution is -2.61. The van der Waals surface area contributed by atoms with Crippen molar-refractivity contribution in [2.24, 2.45) is 0 Å². The van der Waals surface area contributed by atoms with Crippen molar-refractivity contribution in [2.45, 2.75) is 43.3 Å². The Morgan fingerprint density at radius 3 is 2.61 bits per heavy atom. The Morgan fingerprint density at radius 2 is 1.91 bits per heavy atom. The van der Waals surface area contributed by atoms with Crippen molar-refractivity contribution < 1.29 is 13.9 Å². The minimum atomic E-state index is -0.506. The molecule has 23 heavy (non-hydrogen) atoms. The molecule has 0 bridgehead atoms. The summed E-state index contributed by atoms with van der Waals surface area (Å²) >= 11 is 0. The number of piperidine rings is 1. The molecule has 5 heteroatoms. The summed E-state index contributed by atoms with van der Waals surface area (Å²) in [4.78, 5) is 14.2. The second-order valence-corrected chi connectivity index (χ2v) is 7.15. The van der Waals surface area contributed by atoms with E-state index in [-0.39, 0.29) is 17.3 Å². The van der Waals surface area contributed by atoms with Crippen LogP contribution >= 0.6 is 0 Å². The molecule has 0 radical (unpaired) electrons. The van der Waals surface area contributed by atoms with E-state index in [2.05, 4.69) is 10.2 Å². The Morgan fingerprint density at radius 1 is 1.17 bits per heavy atom. The van der Waals surface area contributed by atoms with Crippen LogP contribution in [-0.2, 0) is 16.0 Å². The summed E-state index contributed by atoms with van der Waals surface area (Å²) in [6, 6.07) is 6.99. The highest BCUT2D eigenvalue weighted by molar-refractivity contribution is 5.88. The molecular weight excluding hydrogens is 295 g/mol. The molecule has 1 N–H and O–H groups in total. The third kappa shape index (κ3) is 2.88. The van der Waals surface area contributed by atoms with Crippen molar-refractivity contribution in [3.8, 4) is 0 Å². The van der Waals surface area contributed by atoms with Crippen LogP contribution in [0.15, 0.2) is 24.3 Å². The number of amides is 1. The number of carbonyl (C=O) groups is 1. The lowest BCUT2D eigenvalue weighted by atomic mass is 9.88. The van der Waals surface area contributed by atoms with E-state index in [0.717, 1.165) is 57.3 Å². The van der Waals surface area contributed by atoms with Gasteiger partial charge in [-0.25, -0.2) is 4.39 Å². The van der Waals surface area contributed by atoms with E-state index >= 15 is 0 Å². The number of hydrogen-bond donors (Lipinski definition) is 1. The molecule has 124 valence electrons. The lowest BCUT2D eigenvalue weighted by Gasteiger charge is -2.46. The van der Waals surface area contributed by atoms with Gasteiger partial charge in [0.15, 0.2) is 0 Å². The third-order valence-corrected chi connectivity index (χ3v) is 5.52. The first-order valence-electron chi connectivity index (χ1n) is 8.55. The van der Waals surface area contributed by atoms with Gasteiger partial charge in [-0.05, 0) is 43.7 Å². The number of benzene rings is 1. The normalized spacial score (nSPS) is 25.5. The molecule has 4 rings (SSSR count).